The normalized spacial score (nSPS) is 11.7. The smallest absolute Gasteiger partial charge is 0.263 e. The zero-order valence-electron chi connectivity index (χ0n) is 13.8. The first-order chi connectivity index (χ1) is 11.5. The highest BCUT2D eigenvalue weighted by Crippen LogP contribution is 2.27. The van der Waals surface area contributed by atoms with Crippen molar-refractivity contribution in [2.45, 2.75) is 6.92 Å². The highest BCUT2D eigenvalue weighted by atomic mass is 16.5. The van der Waals surface area contributed by atoms with E-state index in [4.69, 9.17) is 4.74 Å². The van der Waals surface area contributed by atoms with Gasteiger partial charge >= 0.3 is 0 Å². The van der Waals surface area contributed by atoms with Gasteiger partial charge in [-0.1, -0.05) is 18.2 Å². The number of rotatable bonds is 3. The van der Waals surface area contributed by atoms with E-state index >= 15 is 0 Å². The Balaban J connectivity index is 2.21. The standard InChI is InChI=1S/C19H18N2O3/c1-12(20-13-7-6-8-14(11-13)24-3)17-18(22)15-9-4-5-10-16(15)21(2)19(17)23/h4-11,22H,1-3H3. The van der Waals surface area contributed by atoms with E-state index in [1.165, 1.54) is 4.57 Å². The van der Waals surface area contributed by atoms with Gasteiger partial charge in [0.05, 0.1) is 24.0 Å². The molecule has 1 N–H and O–H groups in total. The fourth-order valence-electron chi connectivity index (χ4n) is 2.74. The summed E-state index contributed by atoms with van der Waals surface area (Å²) in [7, 11) is 3.27. The van der Waals surface area contributed by atoms with Gasteiger partial charge in [0.2, 0.25) is 0 Å². The van der Waals surface area contributed by atoms with Crippen LogP contribution >= 0.6 is 0 Å². The number of aryl methyl sites for hydroxylation is 1. The molecule has 0 aliphatic heterocycles. The summed E-state index contributed by atoms with van der Waals surface area (Å²) >= 11 is 0. The summed E-state index contributed by atoms with van der Waals surface area (Å²) in [5, 5.41) is 11.2. The molecule has 5 nitrogen and oxygen atoms in total. The number of benzene rings is 2. The summed E-state index contributed by atoms with van der Waals surface area (Å²) in [5.74, 6) is 0.637. The topological polar surface area (TPSA) is 63.8 Å². The predicted octanol–water partition coefficient (Wildman–Crippen LogP) is 3.39. The van der Waals surface area contributed by atoms with Crippen molar-refractivity contribution in [3.05, 3.63) is 64.4 Å². The Hall–Kier alpha value is -3.08. The summed E-state index contributed by atoms with van der Waals surface area (Å²) in [6, 6.07) is 14.5. The predicted molar refractivity (Wildman–Crippen MR) is 95.7 cm³/mol. The maximum atomic E-state index is 12.7. The lowest BCUT2D eigenvalue weighted by Crippen LogP contribution is -2.24. The quantitative estimate of drug-likeness (QED) is 0.752. The van der Waals surface area contributed by atoms with Crippen LogP contribution in [0.5, 0.6) is 11.5 Å². The molecule has 0 bridgehead atoms. The third kappa shape index (κ3) is 2.65. The number of aliphatic imine (C=N–C) groups is 1. The number of hydrogen-bond acceptors (Lipinski definition) is 4. The minimum Gasteiger partial charge on any atom is -0.506 e. The van der Waals surface area contributed by atoms with E-state index in [-0.39, 0.29) is 16.9 Å². The number of pyridine rings is 1. The van der Waals surface area contributed by atoms with Gasteiger partial charge in [0, 0.05) is 18.5 Å². The van der Waals surface area contributed by atoms with Crippen molar-refractivity contribution < 1.29 is 9.84 Å². The summed E-state index contributed by atoms with van der Waals surface area (Å²) in [6.45, 7) is 1.71. The number of fused-ring (bicyclic) bond motifs is 1. The van der Waals surface area contributed by atoms with Crippen molar-refractivity contribution in [1.82, 2.24) is 4.57 Å². The third-order valence-corrected chi connectivity index (χ3v) is 3.99. The number of aromatic nitrogens is 1. The Kier molecular flexibility index (Phi) is 4.08. The third-order valence-electron chi connectivity index (χ3n) is 3.99. The Morgan fingerprint density at radius 1 is 1.17 bits per heavy atom. The number of para-hydroxylation sites is 1. The van der Waals surface area contributed by atoms with Crippen molar-refractivity contribution >= 4 is 22.3 Å². The van der Waals surface area contributed by atoms with Gasteiger partial charge < -0.3 is 14.4 Å². The SMILES string of the molecule is COc1cccc(N=C(C)c2c(O)c3ccccc3n(C)c2=O)c1. The van der Waals surface area contributed by atoms with E-state index in [9.17, 15) is 9.90 Å². The first kappa shape index (κ1) is 15.8. The van der Waals surface area contributed by atoms with Crippen LogP contribution in [0.3, 0.4) is 0 Å². The molecule has 5 heteroatoms. The average Bonchev–Trinajstić information content (AvgIpc) is 2.60. The monoisotopic (exact) mass is 322 g/mol. The lowest BCUT2D eigenvalue weighted by Gasteiger charge is -2.11. The minimum atomic E-state index is -0.282. The van der Waals surface area contributed by atoms with E-state index in [1.54, 1.807) is 39.3 Å². The van der Waals surface area contributed by atoms with Crippen LogP contribution in [0.4, 0.5) is 5.69 Å². The van der Waals surface area contributed by atoms with Gasteiger partial charge in [0.1, 0.15) is 17.1 Å². The second-order valence-electron chi connectivity index (χ2n) is 5.50. The zero-order valence-corrected chi connectivity index (χ0v) is 13.8. The van der Waals surface area contributed by atoms with Crippen LogP contribution in [0.2, 0.25) is 0 Å². The van der Waals surface area contributed by atoms with Gasteiger partial charge in [-0.25, -0.2) is 0 Å². The molecular formula is C19H18N2O3. The number of nitrogens with zero attached hydrogens (tertiary/aromatic N) is 2. The first-order valence-electron chi connectivity index (χ1n) is 7.53. The van der Waals surface area contributed by atoms with Crippen LogP contribution in [0.1, 0.15) is 12.5 Å². The van der Waals surface area contributed by atoms with Gasteiger partial charge in [-0.3, -0.25) is 9.79 Å². The van der Waals surface area contributed by atoms with Crippen LogP contribution in [0.25, 0.3) is 10.9 Å². The molecule has 0 atom stereocenters. The number of hydrogen-bond donors (Lipinski definition) is 1. The van der Waals surface area contributed by atoms with Crippen molar-refractivity contribution in [3.63, 3.8) is 0 Å². The molecule has 24 heavy (non-hydrogen) atoms. The molecule has 0 aliphatic rings. The second-order valence-corrected chi connectivity index (χ2v) is 5.50. The highest BCUT2D eigenvalue weighted by molar-refractivity contribution is 6.06. The van der Waals surface area contributed by atoms with Gasteiger partial charge in [-0.05, 0) is 31.2 Å². The molecule has 0 aliphatic carbocycles. The molecule has 3 rings (SSSR count). The molecule has 1 aromatic heterocycles. The van der Waals surface area contributed by atoms with Gasteiger partial charge in [0.15, 0.2) is 0 Å². The molecule has 3 aromatic rings. The molecule has 122 valence electrons. The van der Waals surface area contributed by atoms with Crippen LogP contribution in [0, 0.1) is 0 Å². The Morgan fingerprint density at radius 2 is 1.92 bits per heavy atom. The molecular weight excluding hydrogens is 304 g/mol. The molecule has 0 amide bonds. The van der Waals surface area contributed by atoms with E-state index in [0.717, 1.165) is 0 Å². The summed E-state index contributed by atoms with van der Waals surface area (Å²) in [5.41, 5.74) is 1.71. The van der Waals surface area contributed by atoms with Gasteiger partial charge in [0.25, 0.3) is 5.56 Å². The van der Waals surface area contributed by atoms with Crippen molar-refractivity contribution in [3.8, 4) is 11.5 Å². The molecule has 0 radical (unpaired) electrons. The molecule has 2 aromatic carbocycles. The first-order valence-corrected chi connectivity index (χ1v) is 7.53. The maximum Gasteiger partial charge on any atom is 0.263 e. The lowest BCUT2D eigenvalue weighted by atomic mass is 10.1. The van der Waals surface area contributed by atoms with E-state index in [1.807, 2.05) is 30.3 Å². The molecule has 0 fully saturated rings. The molecule has 0 spiro atoms. The van der Waals surface area contributed by atoms with Crippen molar-refractivity contribution in [2.24, 2.45) is 12.0 Å². The molecule has 0 saturated carbocycles. The van der Waals surface area contributed by atoms with Crippen molar-refractivity contribution in [1.29, 1.82) is 0 Å². The Morgan fingerprint density at radius 3 is 2.67 bits per heavy atom. The lowest BCUT2D eigenvalue weighted by molar-refractivity contribution is 0.415. The molecule has 0 saturated heterocycles. The molecule has 0 unspecified atom stereocenters. The van der Waals surface area contributed by atoms with Gasteiger partial charge in [-0.2, -0.15) is 0 Å². The van der Waals surface area contributed by atoms with Crippen molar-refractivity contribution in [2.75, 3.05) is 7.11 Å². The Bertz CT molecular complexity index is 1000. The van der Waals surface area contributed by atoms with E-state index in [2.05, 4.69) is 4.99 Å². The van der Waals surface area contributed by atoms with Crippen LogP contribution in [-0.4, -0.2) is 22.5 Å². The number of aromatic hydroxyl groups is 1. The Labute approximate surface area is 139 Å². The summed E-state index contributed by atoms with van der Waals surface area (Å²) < 4.78 is 6.70. The minimum absolute atomic E-state index is 0.0437. The van der Waals surface area contributed by atoms with Gasteiger partial charge in [-0.15, -0.1) is 0 Å². The fraction of sp³-hybridized carbons (Fsp3) is 0.158. The van der Waals surface area contributed by atoms with Crippen LogP contribution in [0.15, 0.2) is 58.3 Å². The average molecular weight is 322 g/mol. The van der Waals surface area contributed by atoms with Crippen LogP contribution < -0.4 is 10.3 Å². The summed E-state index contributed by atoms with van der Waals surface area (Å²) in [4.78, 5) is 17.1. The van der Waals surface area contributed by atoms with E-state index in [0.29, 0.717) is 28.1 Å². The van der Waals surface area contributed by atoms with Crippen LogP contribution in [-0.2, 0) is 7.05 Å². The number of ether oxygens (including phenoxy) is 1. The largest absolute Gasteiger partial charge is 0.506 e. The fourth-order valence-corrected chi connectivity index (χ4v) is 2.74. The highest BCUT2D eigenvalue weighted by Gasteiger charge is 2.16. The molecule has 1 heterocycles. The number of methoxy groups -OCH3 is 1. The van der Waals surface area contributed by atoms with E-state index < -0.39 is 0 Å². The second kappa shape index (κ2) is 6.20. The maximum absolute atomic E-state index is 12.7. The zero-order chi connectivity index (χ0) is 17.3. The summed E-state index contributed by atoms with van der Waals surface area (Å²) in [6.07, 6.45) is 0.